The van der Waals surface area contributed by atoms with Crippen LogP contribution in [-0.2, 0) is 10.3 Å². The first-order valence-electron chi connectivity index (χ1n) is 8.11. The third-order valence-electron chi connectivity index (χ3n) is 4.04. The van der Waals surface area contributed by atoms with Gasteiger partial charge < -0.3 is 5.32 Å². The molecule has 0 radical (unpaired) electrons. The number of hydrogen-bond donors (Lipinski definition) is 1. The predicted octanol–water partition coefficient (Wildman–Crippen LogP) is 3.42. The van der Waals surface area contributed by atoms with Gasteiger partial charge in [-0.2, -0.15) is 5.10 Å². The van der Waals surface area contributed by atoms with Crippen LogP contribution in [0.4, 0.5) is 10.1 Å². The standard InChI is InChI=1S/C20H18FN3O2/c1-20(2,19(26)22-16-10-6-9-15(21)13-16)24-18(25)12-11-17(23-24)14-7-4-3-5-8-14/h3-13H,1-2H3,(H,22,26). The van der Waals surface area contributed by atoms with E-state index in [2.05, 4.69) is 10.4 Å². The van der Waals surface area contributed by atoms with E-state index in [-0.39, 0.29) is 0 Å². The Morgan fingerprint density at radius 3 is 2.46 bits per heavy atom. The number of carbonyl (C=O) groups excluding carboxylic acids is 1. The summed E-state index contributed by atoms with van der Waals surface area (Å²) in [5.41, 5.74) is 0.0626. The van der Waals surface area contributed by atoms with Crippen molar-refractivity contribution in [2.75, 3.05) is 5.32 Å². The minimum absolute atomic E-state index is 0.315. The van der Waals surface area contributed by atoms with Crippen molar-refractivity contribution in [3.8, 4) is 11.3 Å². The summed E-state index contributed by atoms with van der Waals surface area (Å²) < 4.78 is 14.5. The van der Waals surface area contributed by atoms with E-state index in [4.69, 9.17) is 0 Å². The van der Waals surface area contributed by atoms with Gasteiger partial charge in [-0.1, -0.05) is 36.4 Å². The summed E-state index contributed by atoms with van der Waals surface area (Å²) in [6.07, 6.45) is 0. The molecule has 0 saturated heterocycles. The van der Waals surface area contributed by atoms with E-state index in [1.165, 1.54) is 24.3 Å². The molecule has 3 rings (SSSR count). The van der Waals surface area contributed by atoms with E-state index < -0.39 is 22.8 Å². The lowest BCUT2D eigenvalue weighted by Crippen LogP contribution is -2.47. The van der Waals surface area contributed by atoms with E-state index in [0.29, 0.717) is 11.4 Å². The second-order valence-electron chi connectivity index (χ2n) is 6.36. The monoisotopic (exact) mass is 351 g/mol. The SMILES string of the molecule is CC(C)(C(=O)Nc1cccc(F)c1)n1nc(-c2ccccc2)ccc1=O. The third-order valence-corrected chi connectivity index (χ3v) is 4.04. The number of aromatic nitrogens is 2. The first kappa shape index (κ1) is 17.5. The van der Waals surface area contributed by atoms with Gasteiger partial charge >= 0.3 is 0 Å². The van der Waals surface area contributed by atoms with Gasteiger partial charge in [0.25, 0.3) is 11.5 Å². The summed E-state index contributed by atoms with van der Waals surface area (Å²) in [6.45, 7) is 3.18. The molecule has 0 bridgehead atoms. The van der Waals surface area contributed by atoms with Crippen LogP contribution in [-0.4, -0.2) is 15.7 Å². The molecule has 1 heterocycles. The summed E-state index contributed by atoms with van der Waals surface area (Å²) in [6, 6.07) is 17.9. The molecule has 0 fully saturated rings. The quantitative estimate of drug-likeness (QED) is 0.783. The molecule has 26 heavy (non-hydrogen) atoms. The molecule has 3 aromatic rings. The van der Waals surface area contributed by atoms with Crippen LogP contribution in [0, 0.1) is 5.82 Å². The maximum Gasteiger partial charge on any atom is 0.267 e. The highest BCUT2D eigenvalue weighted by molar-refractivity contribution is 5.96. The lowest BCUT2D eigenvalue weighted by Gasteiger charge is -2.25. The maximum absolute atomic E-state index is 13.3. The Kier molecular flexibility index (Phi) is 4.67. The molecule has 132 valence electrons. The molecular weight excluding hydrogens is 333 g/mol. The van der Waals surface area contributed by atoms with E-state index in [0.717, 1.165) is 10.2 Å². The fourth-order valence-electron chi connectivity index (χ4n) is 2.52. The Labute approximate surface area is 150 Å². The number of anilines is 1. The number of rotatable bonds is 4. The zero-order valence-electron chi connectivity index (χ0n) is 14.4. The molecule has 0 aliphatic rings. The summed E-state index contributed by atoms with van der Waals surface area (Å²) in [5.74, 6) is -0.926. The maximum atomic E-state index is 13.3. The van der Waals surface area contributed by atoms with Crippen LogP contribution < -0.4 is 10.9 Å². The van der Waals surface area contributed by atoms with Crippen molar-refractivity contribution in [2.24, 2.45) is 0 Å². The largest absolute Gasteiger partial charge is 0.324 e. The van der Waals surface area contributed by atoms with Gasteiger partial charge in [0.1, 0.15) is 11.4 Å². The molecule has 0 aliphatic carbocycles. The molecule has 0 aliphatic heterocycles. The van der Waals surface area contributed by atoms with Crippen molar-refractivity contribution < 1.29 is 9.18 Å². The zero-order chi connectivity index (χ0) is 18.7. The van der Waals surface area contributed by atoms with Gasteiger partial charge in [0.2, 0.25) is 0 Å². The van der Waals surface area contributed by atoms with Crippen LogP contribution >= 0.6 is 0 Å². The van der Waals surface area contributed by atoms with Crippen molar-refractivity contribution >= 4 is 11.6 Å². The van der Waals surface area contributed by atoms with Crippen LogP contribution in [0.1, 0.15) is 13.8 Å². The number of halogens is 1. The van der Waals surface area contributed by atoms with E-state index in [1.54, 1.807) is 26.0 Å². The van der Waals surface area contributed by atoms with Crippen LogP contribution in [0.2, 0.25) is 0 Å². The molecule has 1 aromatic heterocycles. The molecule has 0 atom stereocenters. The fourth-order valence-corrected chi connectivity index (χ4v) is 2.52. The molecule has 2 aromatic carbocycles. The Morgan fingerprint density at radius 1 is 1.04 bits per heavy atom. The Morgan fingerprint density at radius 2 is 1.77 bits per heavy atom. The fraction of sp³-hybridized carbons (Fsp3) is 0.150. The van der Waals surface area contributed by atoms with E-state index in [1.807, 2.05) is 30.3 Å². The average molecular weight is 351 g/mol. The predicted molar refractivity (Wildman–Crippen MR) is 98.3 cm³/mol. The van der Waals surface area contributed by atoms with Gasteiger partial charge in [-0.05, 0) is 38.1 Å². The Bertz CT molecular complexity index is 997. The van der Waals surface area contributed by atoms with Crippen LogP contribution in [0.25, 0.3) is 11.3 Å². The summed E-state index contributed by atoms with van der Waals surface area (Å²) in [7, 11) is 0. The number of nitrogens with one attached hydrogen (secondary N) is 1. The second kappa shape index (κ2) is 6.92. The van der Waals surface area contributed by atoms with Crippen molar-refractivity contribution in [3.63, 3.8) is 0 Å². The van der Waals surface area contributed by atoms with Gasteiger partial charge in [0, 0.05) is 17.3 Å². The van der Waals surface area contributed by atoms with Crippen molar-refractivity contribution in [1.82, 2.24) is 9.78 Å². The highest BCUT2D eigenvalue weighted by Crippen LogP contribution is 2.19. The van der Waals surface area contributed by atoms with E-state index in [9.17, 15) is 14.0 Å². The normalized spacial score (nSPS) is 11.2. The van der Waals surface area contributed by atoms with Crippen molar-refractivity contribution in [2.45, 2.75) is 19.4 Å². The first-order chi connectivity index (χ1) is 12.4. The van der Waals surface area contributed by atoms with Crippen molar-refractivity contribution in [3.05, 3.63) is 82.9 Å². The molecule has 0 unspecified atom stereocenters. The molecule has 6 heteroatoms. The lowest BCUT2D eigenvalue weighted by molar-refractivity contribution is -0.123. The third kappa shape index (κ3) is 3.54. The highest BCUT2D eigenvalue weighted by Gasteiger charge is 2.32. The van der Waals surface area contributed by atoms with Gasteiger partial charge in [-0.15, -0.1) is 0 Å². The Hall–Kier alpha value is -3.28. The average Bonchev–Trinajstić information content (AvgIpc) is 2.62. The molecule has 1 amide bonds. The topological polar surface area (TPSA) is 64.0 Å². The number of hydrogen-bond acceptors (Lipinski definition) is 3. The van der Waals surface area contributed by atoms with Crippen molar-refractivity contribution in [1.29, 1.82) is 0 Å². The molecule has 1 N–H and O–H groups in total. The number of nitrogens with zero attached hydrogens (tertiary/aromatic N) is 2. The van der Waals surface area contributed by atoms with Gasteiger partial charge in [0.15, 0.2) is 0 Å². The number of amides is 1. The number of benzene rings is 2. The molecule has 0 saturated carbocycles. The molecule has 0 spiro atoms. The summed E-state index contributed by atoms with van der Waals surface area (Å²) in [5, 5.41) is 6.99. The Balaban J connectivity index is 1.95. The second-order valence-corrected chi connectivity index (χ2v) is 6.36. The van der Waals surface area contributed by atoms with Gasteiger partial charge in [0.05, 0.1) is 5.69 Å². The zero-order valence-corrected chi connectivity index (χ0v) is 14.4. The van der Waals surface area contributed by atoms with E-state index >= 15 is 0 Å². The summed E-state index contributed by atoms with van der Waals surface area (Å²) >= 11 is 0. The highest BCUT2D eigenvalue weighted by atomic mass is 19.1. The van der Waals surface area contributed by atoms with Crippen LogP contribution in [0.3, 0.4) is 0 Å². The minimum atomic E-state index is -1.27. The lowest BCUT2D eigenvalue weighted by atomic mass is 10.0. The molecular formula is C20H18FN3O2. The smallest absolute Gasteiger partial charge is 0.267 e. The van der Waals surface area contributed by atoms with Gasteiger partial charge in [-0.3, -0.25) is 9.59 Å². The first-order valence-corrected chi connectivity index (χ1v) is 8.11. The minimum Gasteiger partial charge on any atom is -0.324 e. The number of carbonyl (C=O) groups is 1. The molecule has 5 nitrogen and oxygen atoms in total. The van der Waals surface area contributed by atoms with Crippen LogP contribution in [0.5, 0.6) is 0 Å². The van der Waals surface area contributed by atoms with Crippen LogP contribution in [0.15, 0.2) is 71.5 Å². The van der Waals surface area contributed by atoms with Gasteiger partial charge in [-0.25, -0.2) is 9.07 Å². The summed E-state index contributed by atoms with van der Waals surface area (Å²) in [4.78, 5) is 25.0.